The Labute approximate surface area is 161 Å². The first-order valence-corrected chi connectivity index (χ1v) is 10.6. The molecule has 0 N–H and O–H groups in total. The van der Waals surface area contributed by atoms with Crippen molar-refractivity contribution in [2.24, 2.45) is 0 Å². The van der Waals surface area contributed by atoms with Crippen LogP contribution in [0.3, 0.4) is 0 Å². The highest BCUT2D eigenvalue weighted by Gasteiger charge is 2.23. The van der Waals surface area contributed by atoms with Crippen LogP contribution in [-0.2, 0) is 28.7 Å². The molecule has 0 aliphatic carbocycles. The molecule has 0 spiro atoms. The summed E-state index contributed by atoms with van der Waals surface area (Å²) in [6.45, 7) is 2.67. The van der Waals surface area contributed by atoms with Crippen molar-refractivity contribution >= 4 is 10.0 Å². The van der Waals surface area contributed by atoms with Crippen molar-refractivity contribution in [2.45, 2.75) is 25.6 Å². The summed E-state index contributed by atoms with van der Waals surface area (Å²) >= 11 is 0. The van der Waals surface area contributed by atoms with Gasteiger partial charge in [0.25, 0.3) is 0 Å². The standard InChI is InChI=1S/C22H24N2O2S/c1-19-8-7-11-21(16-19)18-27(25,26)24(17-22-12-5-6-14-23-22)15-13-20-9-3-2-4-10-20/h2-12,14,16H,13,15,17-18H2,1H3. The molecule has 3 aromatic rings. The van der Waals surface area contributed by atoms with Crippen molar-refractivity contribution in [3.05, 3.63) is 101 Å². The maximum Gasteiger partial charge on any atom is 0.218 e. The molecule has 0 fully saturated rings. The Hall–Kier alpha value is -2.50. The van der Waals surface area contributed by atoms with E-state index in [2.05, 4.69) is 4.98 Å². The maximum atomic E-state index is 13.1. The van der Waals surface area contributed by atoms with Crippen LogP contribution < -0.4 is 0 Å². The second kappa shape index (κ2) is 8.93. The van der Waals surface area contributed by atoms with Gasteiger partial charge < -0.3 is 0 Å². The summed E-state index contributed by atoms with van der Waals surface area (Å²) in [6.07, 6.45) is 2.36. The topological polar surface area (TPSA) is 50.3 Å². The van der Waals surface area contributed by atoms with Crippen molar-refractivity contribution in [1.29, 1.82) is 0 Å². The smallest absolute Gasteiger partial charge is 0.218 e. The van der Waals surface area contributed by atoms with E-state index in [1.165, 1.54) is 0 Å². The Bertz CT molecular complexity index is 958. The summed E-state index contributed by atoms with van der Waals surface area (Å²) in [5.41, 5.74) is 3.73. The van der Waals surface area contributed by atoms with Crippen molar-refractivity contribution in [3.63, 3.8) is 0 Å². The molecule has 2 aromatic carbocycles. The van der Waals surface area contributed by atoms with Gasteiger partial charge >= 0.3 is 0 Å². The summed E-state index contributed by atoms with van der Waals surface area (Å²) in [6, 6.07) is 23.2. The molecular formula is C22H24N2O2S. The molecule has 27 heavy (non-hydrogen) atoms. The predicted octanol–water partition coefficient (Wildman–Crippen LogP) is 3.96. The minimum atomic E-state index is -3.47. The number of hydrogen-bond acceptors (Lipinski definition) is 3. The Kier molecular flexibility index (Phi) is 6.37. The molecule has 0 saturated carbocycles. The second-order valence-corrected chi connectivity index (χ2v) is 8.60. The van der Waals surface area contributed by atoms with Gasteiger partial charge in [0.1, 0.15) is 0 Å². The Balaban J connectivity index is 1.80. The number of nitrogens with zero attached hydrogens (tertiary/aromatic N) is 2. The fourth-order valence-corrected chi connectivity index (χ4v) is 4.47. The Morgan fingerprint density at radius 3 is 2.33 bits per heavy atom. The van der Waals surface area contributed by atoms with Gasteiger partial charge in [-0.2, -0.15) is 4.31 Å². The first-order chi connectivity index (χ1) is 13.0. The zero-order chi connectivity index (χ0) is 19.1. The van der Waals surface area contributed by atoms with Crippen LogP contribution in [0, 0.1) is 6.92 Å². The van der Waals surface area contributed by atoms with Gasteiger partial charge in [-0.1, -0.05) is 66.2 Å². The van der Waals surface area contributed by atoms with Crippen molar-refractivity contribution in [3.8, 4) is 0 Å². The van der Waals surface area contributed by atoms with E-state index >= 15 is 0 Å². The molecule has 0 atom stereocenters. The minimum absolute atomic E-state index is 0.00367. The van der Waals surface area contributed by atoms with Crippen LogP contribution in [0.1, 0.15) is 22.4 Å². The second-order valence-electron chi connectivity index (χ2n) is 6.64. The number of aryl methyl sites for hydroxylation is 1. The number of benzene rings is 2. The number of hydrogen-bond donors (Lipinski definition) is 0. The third kappa shape index (κ3) is 5.74. The van der Waals surface area contributed by atoms with Gasteiger partial charge in [-0.15, -0.1) is 0 Å². The molecule has 0 radical (unpaired) electrons. The fourth-order valence-electron chi connectivity index (χ4n) is 2.99. The number of pyridine rings is 1. The van der Waals surface area contributed by atoms with Gasteiger partial charge in [-0.05, 0) is 36.6 Å². The molecule has 0 bridgehead atoms. The highest BCUT2D eigenvalue weighted by molar-refractivity contribution is 7.88. The van der Waals surface area contributed by atoms with Crippen molar-refractivity contribution in [2.75, 3.05) is 6.54 Å². The highest BCUT2D eigenvalue weighted by atomic mass is 32.2. The lowest BCUT2D eigenvalue weighted by Crippen LogP contribution is -2.33. The van der Waals surface area contributed by atoms with Crippen LogP contribution in [0.5, 0.6) is 0 Å². The molecule has 1 heterocycles. The largest absolute Gasteiger partial charge is 0.260 e. The van der Waals surface area contributed by atoms with Crippen molar-refractivity contribution < 1.29 is 8.42 Å². The molecule has 5 heteroatoms. The molecule has 0 aliphatic rings. The van der Waals surface area contributed by atoms with Gasteiger partial charge in [-0.25, -0.2) is 8.42 Å². The first kappa shape index (κ1) is 19.3. The van der Waals surface area contributed by atoms with E-state index in [1.807, 2.05) is 79.7 Å². The van der Waals surface area contributed by atoms with Crippen LogP contribution in [0.2, 0.25) is 0 Å². The maximum absolute atomic E-state index is 13.1. The third-order valence-electron chi connectivity index (χ3n) is 4.38. The van der Waals surface area contributed by atoms with Crippen LogP contribution in [0.15, 0.2) is 79.0 Å². The number of rotatable bonds is 8. The normalized spacial score (nSPS) is 11.6. The summed E-state index contributed by atoms with van der Waals surface area (Å²) in [4.78, 5) is 4.30. The third-order valence-corrected chi connectivity index (χ3v) is 6.18. The van der Waals surface area contributed by atoms with Crippen LogP contribution in [0.4, 0.5) is 0 Å². The van der Waals surface area contributed by atoms with Gasteiger partial charge in [0.15, 0.2) is 0 Å². The molecular weight excluding hydrogens is 356 g/mol. The number of aromatic nitrogens is 1. The molecule has 0 saturated heterocycles. The van der Waals surface area contributed by atoms with Crippen molar-refractivity contribution in [1.82, 2.24) is 9.29 Å². The lowest BCUT2D eigenvalue weighted by molar-refractivity contribution is 0.404. The summed E-state index contributed by atoms with van der Waals surface area (Å²) in [5, 5.41) is 0. The number of sulfonamides is 1. The average molecular weight is 381 g/mol. The molecule has 0 amide bonds. The molecule has 1 aromatic heterocycles. The Morgan fingerprint density at radius 1 is 0.889 bits per heavy atom. The van der Waals surface area contributed by atoms with Crippen LogP contribution in [0.25, 0.3) is 0 Å². The highest BCUT2D eigenvalue weighted by Crippen LogP contribution is 2.16. The van der Waals surface area contributed by atoms with E-state index in [1.54, 1.807) is 10.5 Å². The zero-order valence-electron chi connectivity index (χ0n) is 15.5. The van der Waals surface area contributed by atoms with Gasteiger partial charge in [0.2, 0.25) is 10.0 Å². The summed E-state index contributed by atoms with van der Waals surface area (Å²) < 4.78 is 27.8. The van der Waals surface area contributed by atoms with E-state index < -0.39 is 10.0 Å². The quantitative estimate of drug-likeness (QED) is 0.594. The van der Waals surface area contributed by atoms with Crippen LogP contribution in [-0.4, -0.2) is 24.3 Å². The molecule has 140 valence electrons. The molecule has 3 rings (SSSR count). The minimum Gasteiger partial charge on any atom is -0.260 e. The monoisotopic (exact) mass is 380 g/mol. The molecule has 0 aliphatic heterocycles. The average Bonchev–Trinajstić information content (AvgIpc) is 2.66. The first-order valence-electron chi connectivity index (χ1n) is 9.00. The van der Waals surface area contributed by atoms with E-state index in [0.29, 0.717) is 13.0 Å². The van der Waals surface area contributed by atoms with E-state index in [9.17, 15) is 8.42 Å². The Morgan fingerprint density at radius 2 is 1.63 bits per heavy atom. The van der Waals surface area contributed by atoms with E-state index in [0.717, 1.165) is 22.4 Å². The van der Waals surface area contributed by atoms with Gasteiger partial charge in [0.05, 0.1) is 18.0 Å². The lowest BCUT2D eigenvalue weighted by Gasteiger charge is -2.22. The van der Waals surface area contributed by atoms with E-state index in [-0.39, 0.29) is 12.3 Å². The summed E-state index contributed by atoms with van der Waals surface area (Å²) in [7, 11) is -3.47. The SMILES string of the molecule is Cc1cccc(CS(=O)(=O)N(CCc2ccccc2)Cc2ccccn2)c1. The van der Waals surface area contributed by atoms with E-state index in [4.69, 9.17) is 0 Å². The summed E-state index contributed by atoms with van der Waals surface area (Å²) in [5.74, 6) is -0.00367. The predicted molar refractivity (Wildman–Crippen MR) is 109 cm³/mol. The molecule has 4 nitrogen and oxygen atoms in total. The lowest BCUT2D eigenvalue weighted by atomic mass is 10.1. The molecule has 0 unspecified atom stereocenters. The fraction of sp³-hybridized carbons (Fsp3) is 0.227. The van der Waals surface area contributed by atoms with Gasteiger partial charge in [-0.3, -0.25) is 4.98 Å². The van der Waals surface area contributed by atoms with Crippen LogP contribution >= 0.6 is 0 Å². The van der Waals surface area contributed by atoms with Gasteiger partial charge in [0, 0.05) is 12.7 Å². The zero-order valence-corrected chi connectivity index (χ0v) is 16.3.